The van der Waals surface area contributed by atoms with Crippen molar-refractivity contribution in [2.24, 2.45) is 0 Å². The van der Waals surface area contributed by atoms with E-state index in [-0.39, 0.29) is 11.2 Å². The highest BCUT2D eigenvalue weighted by Gasteiger charge is 2.14. The maximum Gasteiger partial charge on any atom is 0.323 e. The Kier molecular flexibility index (Phi) is 3.67. The number of rotatable bonds is 1. The lowest BCUT2D eigenvalue weighted by atomic mass is 10.3. The van der Waals surface area contributed by atoms with Crippen LogP contribution in [0.25, 0.3) is 0 Å². The molecule has 1 atom stereocenters. The summed E-state index contributed by atoms with van der Waals surface area (Å²) in [5.41, 5.74) is 0. The van der Waals surface area contributed by atoms with Crippen LogP contribution in [0, 0.1) is 0 Å². The molecule has 0 aliphatic carbocycles. The highest BCUT2D eigenvalue weighted by Crippen LogP contribution is 2.16. The minimum Gasteiger partial charge on any atom is -0.468 e. The first-order valence-electron chi connectivity index (χ1n) is 3.58. The number of thioether (sulfide) groups is 1. The van der Waals surface area contributed by atoms with Crippen LogP contribution in [0.3, 0.4) is 0 Å². The van der Waals surface area contributed by atoms with Gasteiger partial charge in [-0.2, -0.15) is 0 Å². The van der Waals surface area contributed by atoms with Crippen molar-refractivity contribution < 1.29 is 9.53 Å². The van der Waals surface area contributed by atoms with Gasteiger partial charge in [0.1, 0.15) is 5.25 Å². The number of carbonyl (C=O) groups is 1. The molecule has 0 aromatic carbocycles. The Morgan fingerprint density at radius 1 is 1.33 bits per heavy atom. The molecule has 1 heterocycles. The first-order chi connectivity index (χ1) is 5.84. The van der Waals surface area contributed by atoms with Crippen molar-refractivity contribution in [2.45, 2.75) is 5.25 Å². The lowest BCUT2D eigenvalue weighted by molar-refractivity contribution is -0.139. The summed E-state index contributed by atoms with van der Waals surface area (Å²) >= 11 is 1.44. The predicted molar refractivity (Wildman–Crippen MR) is 50.8 cm³/mol. The zero-order chi connectivity index (χ0) is 8.81. The molecule has 1 aliphatic rings. The molecule has 0 radical (unpaired) electrons. The fraction of sp³-hybridized carbons (Fsp3) is 0.222. The van der Waals surface area contributed by atoms with Gasteiger partial charge in [0.2, 0.25) is 0 Å². The van der Waals surface area contributed by atoms with Gasteiger partial charge in [0.05, 0.1) is 7.11 Å². The van der Waals surface area contributed by atoms with Crippen LogP contribution in [-0.4, -0.2) is 18.3 Å². The highest BCUT2D eigenvalue weighted by molar-refractivity contribution is 8.03. The van der Waals surface area contributed by atoms with E-state index in [2.05, 4.69) is 4.74 Å². The molecular weight excluding hydrogens is 172 g/mol. The van der Waals surface area contributed by atoms with Gasteiger partial charge in [-0.3, -0.25) is 4.79 Å². The number of allylic oxidation sites excluding steroid dienone is 4. The van der Waals surface area contributed by atoms with Gasteiger partial charge in [0, 0.05) is 0 Å². The predicted octanol–water partition coefficient (Wildman–Crippen LogP) is 1.90. The zero-order valence-corrected chi connectivity index (χ0v) is 7.58. The Labute approximate surface area is 76.0 Å². The summed E-state index contributed by atoms with van der Waals surface area (Å²) in [6.07, 6.45) is 9.35. The normalized spacial score (nSPS) is 29.6. The molecule has 0 amide bonds. The average Bonchev–Trinajstić information content (AvgIpc) is 2.02. The minimum absolute atomic E-state index is 0.212. The van der Waals surface area contributed by atoms with Gasteiger partial charge in [-0.1, -0.05) is 30.4 Å². The second kappa shape index (κ2) is 4.83. The first kappa shape index (κ1) is 9.13. The highest BCUT2D eigenvalue weighted by atomic mass is 32.2. The standard InChI is InChI=1S/C9H10O2S/c1-11-9(10)8-6-4-2-3-5-7-12-8/h2-8H,1H3/b3-2-,6-4-,7-5-. The van der Waals surface area contributed by atoms with Crippen molar-refractivity contribution in [1.29, 1.82) is 0 Å². The van der Waals surface area contributed by atoms with E-state index in [4.69, 9.17) is 0 Å². The molecule has 1 rings (SSSR count). The second-order valence-electron chi connectivity index (χ2n) is 2.18. The van der Waals surface area contributed by atoms with Crippen LogP contribution in [-0.2, 0) is 9.53 Å². The number of carbonyl (C=O) groups excluding carboxylic acids is 1. The molecule has 0 bridgehead atoms. The van der Waals surface area contributed by atoms with Crippen molar-refractivity contribution >= 4 is 17.7 Å². The molecule has 0 saturated carbocycles. The van der Waals surface area contributed by atoms with Gasteiger partial charge in [0.15, 0.2) is 0 Å². The summed E-state index contributed by atoms with van der Waals surface area (Å²) in [6.45, 7) is 0. The largest absolute Gasteiger partial charge is 0.468 e. The van der Waals surface area contributed by atoms with Crippen molar-refractivity contribution in [3.63, 3.8) is 0 Å². The third kappa shape index (κ3) is 2.58. The Balaban J connectivity index is 2.65. The van der Waals surface area contributed by atoms with Gasteiger partial charge in [-0.05, 0) is 5.41 Å². The summed E-state index contributed by atoms with van der Waals surface area (Å²) in [4.78, 5) is 11.1. The quantitative estimate of drug-likeness (QED) is 0.579. The molecule has 12 heavy (non-hydrogen) atoms. The molecule has 2 nitrogen and oxygen atoms in total. The van der Waals surface area contributed by atoms with Gasteiger partial charge in [0.25, 0.3) is 0 Å². The average molecular weight is 182 g/mol. The maximum absolute atomic E-state index is 11.1. The first-order valence-corrected chi connectivity index (χ1v) is 4.52. The van der Waals surface area contributed by atoms with Gasteiger partial charge in [-0.15, -0.1) is 11.8 Å². The van der Waals surface area contributed by atoms with E-state index in [0.717, 1.165) is 0 Å². The molecule has 0 fully saturated rings. The third-order valence-electron chi connectivity index (χ3n) is 1.36. The summed E-state index contributed by atoms with van der Waals surface area (Å²) in [5.74, 6) is -0.212. The smallest absolute Gasteiger partial charge is 0.323 e. The van der Waals surface area contributed by atoms with Gasteiger partial charge in [-0.25, -0.2) is 0 Å². The molecular formula is C9H10O2S. The number of hydrogen-bond donors (Lipinski definition) is 0. The van der Waals surface area contributed by atoms with Crippen molar-refractivity contribution in [2.75, 3.05) is 7.11 Å². The number of methoxy groups -OCH3 is 1. The fourth-order valence-electron chi connectivity index (χ4n) is 0.764. The van der Waals surface area contributed by atoms with Crippen LogP contribution < -0.4 is 0 Å². The van der Waals surface area contributed by atoms with Crippen LogP contribution in [0.5, 0.6) is 0 Å². The summed E-state index contributed by atoms with van der Waals surface area (Å²) in [5, 5.41) is 1.66. The number of hydrogen-bond acceptors (Lipinski definition) is 3. The number of esters is 1. The van der Waals surface area contributed by atoms with Gasteiger partial charge >= 0.3 is 5.97 Å². The molecule has 3 heteroatoms. The van der Waals surface area contributed by atoms with E-state index in [0.29, 0.717) is 0 Å². The topological polar surface area (TPSA) is 26.3 Å². The van der Waals surface area contributed by atoms with E-state index in [1.807, 2.05) is 35.8 Å². The van der Waals surface area contributed by atoms with Crippen LogP contribution in [0.2, 0.25) is 0 Å². The molecule has 1 aliphatic heterocycles. The zero-order valence-electron chi connectivity index (χ0n) is 6.77. The Hall–Kier alpha value is -0.960. The molecule has 0 aromatic rings. The molecule has 0 aromatic heterocycles. The van der Waals surface area contributed by atoms with E-state index >= 15 is 0 Å². The van der Waals surface area contributed by atoms with Crippen molar-refractivity contribution in [3.05, 3.63) is 35.8 Å². The molecule has 0 N–H and O–H groups in total. The second-order valence-corrected chi connectivity index (χ2v) is 3.23. The third-order valence-corrected chi connectivity index (χ3v) is 2.31. The Morgan fingerprint density at radius 2 is 2.08 bits per heavy atom. The van der Waals surface area contributed by atoms with Crippen molar-refractivity contribution in [1.82, 2.24) is 0 Å². The van der Waals surface area contributed by atoms with Crippen LogP contribution in [0.4, 0.5) is 0 Å². The van der Waals surface area contributed by atoms with E-state index < -0.39 is 0 Å². The van der Waals surface area contributed by atoms with Gasteiger partial charge < -0.3 is 4.74 Å². The summed E-state index contributed by atoms with van der Waals surface area (Å²) in [7, 11) is 1.40. The fourth-order valence-corrected chi connectivity index (χ4v) is 1.50. The van der Waals surface area contributed by atoms with Crippen LogP contribution >= 0.6 is 11.8 Å². The van der Waals surface area contributed by atoms with E-state index in [9.17, 15) is 4.79 Å². The molecule has 0 saturated heterocycles. The molecule has 1 unspecified atom stereocenters. The SMILES string of the molecule is COC(=O)C1\C=C/C=C\C=C/S1. The lowest BCUT2D eigenvalue weighted by Gasteiger charge is -2.06. The minimum atomic E-state index is -0.212. The van der Waals surface area contributed by atoms with Crippen molar-refractivity contribution in [3.8, 4) is 0 Å². The lowest BCUT2D eigenvalue weighted by Crippen LogP contribution is -2.15. The van der Waals surface area contributed by atoms with E-state index in [1.165, 1.54) is 18.9 Å². The summed E-state index contributed by atoms with van der Waals surface area (Å²) < 4.78 is 4.62. The number of ether oxygens (including phenoxy) is 1. The molecule has 64 valence electrons. The maximum atomic E-state index is 11.1. The molecule has 0 spiro atoms. The monoisotopic (exact) mass is 182 g/mol. The Morgan fingerprint density at radius 3 is 2.83 bits per heavy atom. The Bertz CT molecular complexity index is 241. The van der Waals surface area contributed by atoms with Crippen LogP contribution in [0.15, 0.2) is 35.8 Å². The van der Waals surface area contributed by atoms with E-state index in [1.54, 1.807) is 0 Å². The summed E-state index contributed by atoms with van der Waals surface area (Å²) in [6, 6.07) is 0. The van der Waals surface area contributed by atoms with Crippen LogP contribution in [0.1, 0.15) is 0 Å².